The number of benzene rings is 9. The van der Waals surface area contributed by atoms with Crippen LogP contribution in [0.25, 0.3) is 95.0 Å². The fourth-order valence-corrected chi connectivity index (χ4v) is 10.5. The highest BCUT2D eigenvalue weighted by Gasteiger charge is 2.51. The third kappa shape index (κ3) is 4.92. The van der Waals surface area contributed by atoms with Gasteiger partial charge in [-0.05, 0) is 86.0 Å². The predicted molar refractivity (Wildman–Crippen MR) is 252 cm³/mol. The SMILES string of the molecule is c1ccc(-c2nc(-c3ccccc3)nc(-c3ccccc3-n3c4ccccc4c4ccc(-c5ccc6c(c5)-c5ccccc5C65c6ccccc6-c6ccccc65)cc43)n2)cc1. The van der Waals surface area contributed by atoms with Crippen molar-refractivity contribution >= 4 is 21.8 Å². The summed E-state index contributed by atoms with van der Waals surface area (Å²) in [5, 5.41) is 2.38. The Morgan fingerprint density at radius 1 is 0.290 bits per heavy atom. The first-order valence-electron chi connectivity index (χ1n) is 21.2. The fraction of sp³-hybridized carbons (Fsp3) is 0.0172. The molecule has 0 aliphatic heterocycles. The Morgan fingerprint density at radius 2 is 0.742 bits per heavy atom. The molecule has 1 spiro atoms. The highest BCUT2D eigenvalue weighted by atomic mass is 15.1. The normalized spacial score (nSPS) is 13.0. The maximum atomic E-state index is 5.17. The van der Waals surface area contributed by atoms with Crippen molar-refractivity contribution in [3.05, 3.63) is 241 Å². The summed E-state index contributed by atoms with van der Waals surface area (Å²) in [6.45, 7) is 0. The molecule has 11 aromatic rings. The first kappa shape index (κ1) is 34.6. The molecule has 0 amide bonds. The lowest BCUT2D eigenvalue weighted by molar-refractivity contribution is 0.794. The Balaban J connectivity index is 1.01. The Hall–Kier alpha value is -8.21. The van der Waals surface area contributed by atoms with Gasteiger partial charge in [0.15, 0.2) is 17.5 Å². The van der Waals surface area contributed by atoms with Crippen molar-refractivity contribution in [2.75, 3.05) is 0 Å². The van der Waals surface area contributed by atoms with Crippen LogP contribution in [0.1, 0.15) is 22.3 Å². The highest BCUT2D eigenvalue weighted by Crippen LogP contribution is 2.63. The van der Waals surface area contributed by atoms with Gasteiger partial charge < -0.3 is 4.57 Å². The van der Waals surface area contributed by atoms with Crippen molar-refractivity contribution in [3.8, 4) is 73.2 Å². The van der Waals surface area contributed by atoms with E-state index in [1.54, 1.807) is 0 Å². The first-order valence-corrected chi connectivity index (χ1v) is 21.2. The molecule has 0 N–H and O–H groups in total. The number of nitrogens with zero attached hydrogens (tertiary/aromatic N) is 4. The fourth-order valence-electron chi connectivity index (χ4n) is 10.5. The average molecular weight is 789 g/mol. The zero-order valence-corrected chi connectivity index (χ0v) is 33.6. The van der Waals surface area contributed by atoms with Gasteiger partial charge in [0.25, 0.3) is 0 Å². The molecule has 288 valence electrons. The van der Waals surface area contributed by atoms with Crippen LogP contribution in [-0.2, 0) is 5.41 Å². The average Bonchev–Trinajstić information content (AvgIpc) is 3.96. The molecule has 0 saturated carbocycles. The number of hydrogen-bond donors (Lipinski definition) is 0. The van der Waals surface area contributed by atoms with Gasteiger partial charge in [-0.2, -0.15) is 0 Å². The minimum absolute atomic E-state index is 0.368. The van der Waals surface area contributed by atoms with Crippen LogP contribution < -0.4 is 0 Å². The molecular weight excluding hydrogens is 753 g/mol. The topological polar surface area (TPSA) is 43.6 Å². The third-order valence-electron chi connectivity index (χ3n) is 13.1. The smallest absolute Gasteiger partial charge is 0.166 e. The van der Waals surface area contributed by atoms with Gasteiger partial charge in [0.1, 0.15) is 0 Å². The summed E-state index contributed by atoms with van der Waals surface area (Å²) in [6, 6.07) is 78.6. The van der Waals surface area contributed by atoms with Crippen LogP contribution in [0.2, 0.25) is 0 Å². The molecule has 2 aliphatic rings. The molecule has 0 atom stereocenters. The molecule has 2 aliphatic carbocycles. The van der Waals surface area contributed by atoms with Crippen LogP contribution in [0.5, 0.6) is 0 Å². The maximum Gasteiger partial charge on any atom is 0.166 e. The number of rotatable bonds is 5. The molecule has 2 aromatic heterocycles. The quantitative estimate of drug-likeness (QED) is 0.174. The molecule has 0 unspecified atom stereocenters. The number of aromatic nitrogens is 4. The van der Waals surface area contributed by atoms with Gasteiger partial charge in [0, 0.05) is 27.5 Å². The van der Waals surface area contributed by atoms with E-state index in [1.807, 2.05) is 36.4 Å². The third-order valence-corrected chi connectivity index (χ3v) is 13.1. The zero-order chi connectivity index (χ0) is 40.8. The van der Waals surface area contributed by atoms with E-state index in [1.165, 1.54) is 60.8 Å². The van der Waals surface area contributed by atoms with E-state index >= 15 is 0 Å². The summed E-state index contributed by atoms with van der Waals surface area (Å²) in [5.74, 6) is 1.90. The molecule has 0 radical (unpaired) electrons. The molecule has 0 bridgehead atoms. The first-order chi connectivity index (χ1) is 30.8. The van der Waals surface area contributed by atoms with Crippen molar-refractivity contribution in [3.63, 3.8) is 0 Å². The summed E-state index contributed by atoms with van der Waals surface area (Å²) in [6.07, 6.45) is 0. The number of fused-ring (bicyclic) bond motifs is 13. The summed E-state index contributed by atoms with van der Waals surface area (Å²) < 4.78 is 2.39. The molecule has 4 heteroatoms. The zero-order valence-electron chi connectivity index (χ0n) is 33.6. The van der Waals surface area contributed by atoms with Crippen LogP contribution in [0.4, 0.5) is 0 Å². The molecule has 13 rings (SSSR count). The van der Waals surface area contributed by atoms with E-state index in [4.69, 9.17) is 15.0 Å². The van der Waals surface area contributed by atoms with Gasteiger partial charge in [-0.15, -0.1) is 0 Å². The van der Waals surface area contributed by atoms with Gasteiger partial charge >= 0.3 is 0 Å². The minimum Gasteiger partial charge on any atom is -0.308 e. The second-order valence-corrected chi connectivity index (χ2v) is 16.3. The van der Waals surface area contributed by atoms with Gasteiger partial charge in [-0.25, -0.2) is 15.0 Å². The standard InChI is InChI=1S/C58H36N4/c1-3-17-37(18-4-1)55-59-56(38-19-5-2-6-20-38)61-57(60-55)46-25-11-16-30-53(46)62-52-29-15-10-24-44(52)45-33-31-40(36-54(45)62)39-32-34-51-47(35-39)43-23-9-14-28-50(43)58(51)48-26-12-7-21-41(48)42-22-8-13-27-49(42)58/h1-36H. The van der Waals surface area contributed by atoms with Gasteiger partial charge in [0.2, 0.25) is 0 Å². The van der Waals surface area contributed by atoms with Crippen molar-refractivity contribution < 1.29 is 0 Å². The molecule has 0 fully saturated rings. The molecule has 62 heavy (non-hydrogen) atoms. The van der Waals surface area contributed by atoms with Gasteiger partial charge in [-0.3, -0.25) is 0 Å². The summed E-state index contributed by atoms with van der Waals surface area (Å²) in [5.41, 5.74) is 18.6. The molecule has 2 heterocycles. The second-order valence-electron chi connectivity index (χ2n) is 16.3. The van der Waals surface area contributed by atoms with E-state index < -0.39 is 0 Å². The van der Waals surface area contributed by atoms with E-state index in [-0.39, 0.29) is 5.41 Å². The van der Waals surface area contributed by atoms with Crippen LogP contribution in [0, 0.1) is 0 Å². The summed E-state index contributed by atoms with van der Waals surface area (Å²) >= 11 is 0. The lowest BCUT2D eigenvalue weighted by Crippen LogP contribution is -2.25. The highest BCUT2D eigenvalue weighted by molar-refractivity contribution is 6.11. The number of para-hydroxylation sites is 2. The van der Waals surface area contributed by atoms with E-state index in [9.17, 15) is 0 Å². The van der Waals surface area contributed by atoms with Crippen molar-refractivity contribution in [2.45, 2.75) is 5.41 Å². The monoisotopic (exact) mass is 788 g/mol. The van der Waals surface area contributed by atoms with E-state index in [2.05, 4.69) is 187 Å². The Labute approximate surface area is 359 Å². The van der Waals surface area contributed by atoms with Crippen molar-refractivity contribution in [2.24, 2.45) is 0 Å². The van der Waals surface area contributed by atoms with Crippen LogP contribution in [-0.4, -0.2) is 19.5 Å². The maximum absolute atomic E-state index is 5.17. The molecule has 9 aromatic carbocycles. The summed E-state index contributed by atoms with van der Waals surface area (Å²) in [4.78, 5) is 15.3. The Morgan fingerprint density at radius 3 is 1.39 bits per heavy atom. The predicted octanol–water partition coefficient (Wildman–Crippen LogP) is 14.0. The Kier molecular flexibility index (Phi) is 7.49. The molecule has 0 saturated heterocycles. The van der Waals surface area contributed by atoms with Crippen LogP contribution in [0.3, 0.4) is 0 Å². The largest absolute Gasteiger partial charge is 0.308 e. The lowest BCUT2D eigenvalue weighted by Gasteiger charge is -2.30. The number of hydrogen-bond acceptors (Lipinski definition) is 3. The van der Waals surface area contributed by atoms with Crippen LogP contribution >= 0.6 is 0 Å². The van der Waals surface area contributed by atoms with Gasteiger partial charge in [-0.1, -0.05) is 188 Å². The van der Waals surface area contributed by atoms with Crippen molar-refractivity contribution in [1.29, 1.82) is 0 Å². The van der Waals surface area contributed by atoms with Crippen molar-refractivity contribution in [1.82, 2.24) is 19.5 Å². The second kappa shape index (κ2) is 13.4. The molecule has 4 nitrogen and oxygen atoms in total. The van der Waals surface area contributed by atoms with Crippen LogP contribution in [0.15, 0.2) is 218 Å². The van der Waals surface area contributed by atoms with E-state index in [0.717, 1.165) is 39.0 Å². The van der Waals surface area contributed by atoms with Gasteiger partial charge in [0.05, 0.1) is 22.1 Å². The summed E-state index contributed by atoms with van der Waals surface area (Å²) in [7, 11) is 0. The minimum atomic E-state index is -0.368. The Bertz CT molecular complexity index is 3480. The lowest BCUT2D eigenvalue weighted by atomic mass is 9.70. The van der Waals surface area contributed by atoms with E-state index in [0.29, 0.717) is 17.5 Å². The molecular formula is C58H36N4.